The molecule has 2 aromatic carbocycles. The number of aromatic hydroxyl groups is 1. The van der Waals surface area contributed by atoms with Gasteiger partial charge < -0.3 is 9.52 Å². The second-order valence-electron chi connectivity index (χ2n) is 8.37. The molecule has 1 atom stereocenters. The van der Waals surface area contributed by atoms with E-state index in [1.807, 2.05) is 24.3 Å². The van der Waals surface area contributed by atoms with Gasteiger partial charge in [0, 0.05) is 5.56 Å². The van der Waals surface area contributed by atoms with E-state index in [1.54, 1.807) is 0 Å². The van der Waals surface area contributed by atoms with Crippen LogP contribution in [0.3, 0.4) is 0 Å². The Morgan fingerprint density at radius 1 is 1.03 bits per heavy atom. The van der Waals surface area contributed by atoms with Crippen LogP contribution in [-0.2, 0) is 25.7 Å². The molecule has 3 aromatic rings. The first-order chi connectivity index (χ1) is 14.0. The first-order valence-electron chi connectivity index (χ1n) is 10.6. The van der Waals surface area contributed by atoms with E-state index in [0.29, 0.717) is 16.9 Å². The smallest absolute Gasteiger partial charge is 0.339 e. The molecule has 4 heteroatoms. The normalized spacial score (nSPS) is 16.1. The van der Waals surface area contributed by atoms with Crippen molar-refractivity contribution in [3.63, 3.8) is 0 Å². The van der Waals surface area contributed by atoms with Gasteiger partial charge in [-0.1, -0.05) is 25.5 Å². The number of rotatable bonds is 6. The molecular weight excluding hydrogens is 367 g/mol. The summed E-state index contributed by atoms with van der Waals surface area (Å²) in [6.45, 7) is 2.18. The Balaban J connectivity index is 1.43. The van der Waals surface area contributed by atoms with Crippen LogP contribution in [0.5, 0.6) is 5.75 Å². The third-order valence-electron chi connectivity index (χ3n) is 6.04. The van der Waals surface area contributed by atoms with Crippen molar-refractivity contribution in [3.05, 3.63) is 74.9 Å². The van der Waals surface area contributed by atoms with Gasteiger partial charge in [0.2, 0.25) is 0 Å². The molecule has 1 aliphatic carbocycles. The topological polar surface area (TPSA) is 50.4 Å². The SMILES string of the molecule is CC1CCc2c(c3c(O)cc(CCCCCc4ccc(F)cc4)cc3oc2=O)C1. The third-order valence-corrected chi connectivity index (χ3v) is 6.04. The standard InChI is InChI=1S/C25H27FO3/c1-16-7-12-20-21(13-16)24-22(27)14-18(15-23(24)29-25(20)28)6-4-2-3-5-17-8-10-19(26)11-9-17/h8-11,14-16,27H,2-7,12-13H2,1H3. The van der Waals surface area contributed by atoms with E-state index in [-0.39, 0.29) is 17.2 Å². The van der Waals surface area contributed by atoms with Crippen molar-refractivity contribution in [3.8, 4) is 5.75 Å². The first kappa shape index (κ1) is 19.7. The average molecular weight is 394 g/mol. The van der Waals surface area contributed by atoms with Crippen molar-refractivity contribution >= 4 is 11.0 Å². The number of phenols is 1. The highest BCUT2D eigenvalue weighted by Crippen LogP contribution is 2.35. The lowest BCUT2D eigenvalue weighted by Gasteiger charge is -2.22. The van der Waals surface area contributed by atoms with Crippen LogP contribution >= 0.6 is 0 Å². The van der Waals surface area contributed by atoms with E-state index in [2.05, 4.69) is 6.92 Å². The second-order valence-corrected chi connectivity index (χ2v) is 8.37. The quantitative estimate of drug-likeness (QED) is 0.430. The van der Waals surface area contributed by atoms with Crippen LogP contribution in [0.15, 0.2) is 45.6 Å². The van der Waals surface area contributed by atoms with Gasteiger partial charge in [0.05, 0.1) is 5.39 Å². The lowest BCUT2D eigenvalue weighted by Crippen LogP contribution is -2.20. The fourth-order valence-electron chi connectivity index (χ4n) is 4.43. The van der Waals surface area contributed by atoms with Gasteiger partial charge >= 0.3 is 5.63 Å². The Hall–Kier alpha value is -2.62. The van der Waals surface area contributed by atoms with E-state index in [4.69, 9.17) is 4.42 Å². The first-order valence-corrected chi connectivity index (χ1v) is 10.6. The lowest BCUT2D eigenvalue weighted by molar-refractivity contribution is 0.460. The molecular formula is C25H27FO3. The predicted molar refractivity (Wildman–Crippen MR) is 113 cm³/mol. The molecule has 152 valence electrons. The van der Waals surface area contributed by atoms with Crippen LogP contribution in [0.1, 0.15) is 54.9 Å². The van der Waals surface area contributed by atoms with Crippen LogP contribution in [0.2, 0.25) is 0 Å². The fourth-order valence-corrected chi connectivity index (χ4v) is 4.43. The zero-order valence-corrected chi connectivity index (χ0v) is 16.8. The molecule has 0 amide bonds. The van der Waals surface area contributed by atoms with Crippen LogP contribution in [0.4, 0.5) is 4.39 Å². The van der Waals surface area contributed by atoms with E-state index >= 15 is 0 Å². The number of halogens is 1. The Morgan fingerprint density at radius 2 is 1.76 bits per heavy atom. The summed E-state index contributed by atoms with van der Waals surface area (Å²) in [5.41, 5.74) is 4.09. The monoisotopic (exact) mass is 394 g/mol. The van der Waals surface area contributed by atoms with Crippen molar-refractivity contribution in [2.45, 2.75) is 58.3 Å². The summed E-state index contributed by atoms with van der Waals surface area (Å²) >= 11 is 0. The maximum Gasteiger partial charge on any atom is 0.339 e. The average Bonchev–Trinajstić information content (AvgIpc) is 2.68. The molecule has 0 aliphatic heterocycles. The number of fused-ring (bicyclic) bond motifs is 3. The van der Waals surface area contributed by atoms with Crippen LogP contribution in [0, 0.1) is 11.7 Å². The summed E-state index contributed by atoms with van der Waals surface area (Å²) in [4.78, 5) is 12.4. The van der Waals surface area contributed by atoms with Gasteiger partial charge in [-0.15, -0.1) is 0 Å². The van der Waals surface area contributed by atoms with E-state index in [1.165, 1.54) is 12.1 Å². The van der Waals surface area contributed by atoms with E-state index in [9.17, 15) is 14.3 Å². The van der Waals surface area contributed by atoms with Crippen molar-refractivity contribution in [1.82, 2.24) is 0 Å². The Morgan fingerprint density at radius 3 is 2.52 bits per heavy atom. The lowest BCUT2D eigenvalue weighted by atomic mass is 9.84. The summed E-state index contributed by atoms with van der Waals surface area (Å²) in [7, 11) is 0. The summed E-state index contributed by atoms with van der Waals surface area (Å²) in [6, 6.07) is 10.4. The summed E-state index contributed by atoms with van der Waals surface area (Å²) < 4.78 is 18.5. The molecule has 29 heavy (non-hydrogen) atoms. The molecule has 0 bridgehead atoms. The molecule has 1 N–H and O–H groups in total. The number of unbranched alkanes of at least 4 members (excludes halogenated alkanes) is 2. The molecule has 4 rings (SSSR count). The predicted octanol–water partition coefficient (Wildman–Crippen LogP) is 5.72. The summed E-state index contributed by atoms with van der Waals surface area (Å²) in [6.07, 6.45) is 7.34. The molecule has 3 nitrogen and oxygen atoms in total. The maximum absolute atomic E-state index is 13.0. The minimum Gasteiger partial charge on any atom is -0.507 e. The highest BCUT2D eigenvalue weighted by Gasteiger charge is 2.23. The minimum absolute atomic E-state index is 0.202. The number of aryl methyl sites for hydroxylation is 2. The van der Waals surface area contributed by atoms with Crippen molar-refractivity contribution in [1.29, 1.82) is 0 Å². The summed E-state index contributed by atoms with van der Waals surface area (Å²) in [5, 5.41) is 11.4. The zero-order chi connectivity index (χ0) is 20.4. The van der Waals surface area contributed by atoms with Gasteiger partial charge in [-0.05, 0) is 91.8 Å². The van der Waals surface area contributed by atoms with Crippen molar-refractivity contribution in [2.75, 3.05) is 0 Å². The molecule has 1 heterocycles. The van der Waals surface area contributed by atoms with Gasteiger partial charge in [0.1, 0.15) is 17.1 Å². The second kappa shape index (κ2) is 8.40. The van der Waals surface area contributed by atoms with Crippen LogP contribution in [0.25, 0.3) is 11.0 Å². The van der Waals surface area contributed by atoms with Crippen molar-refractivity contribution < 1.29 is 13.9 Å². The number of hydrogen-bond donors (Lipinski definition) is 1. The molecule has 0 radical (unpaired) electrons. The zero-order valence-electron chi connectivity index (χ0n) is 16.8. The third kappa shape index (κ3) is 4.36. The number of benzene rings is 2. The summed E-state index contributed by atoms with van der Waals surface area (Å²) in [5.74, 6) is 0.526. The molecule has 1 aliphatic rings. The highest BCUT2D eigenvalue weighted by atomic mass is 19.1. The molecule has 0 saturated heterocycles. The van der Waals surface area contributed by atoms with E-state index in [0.717, 1.165) is 73.6 Å². The van der Waals surface area contributed by atoms with Gasteiger partial charge in [-0.3, -0.25) is 0 Å². The van der Waals surface area contributed by atoms with Gasteiger partial charge in [-0.25, -0.2) is 9.18 Å². The molecule has 1 unspecified atom stereocenters. The van der Waals surface area contributed by atoms with Crippen LogP contribution in [-0.4, -0.2) is 5.11 Å². The molecule has 0 saturated carbocycles. The van der Waals surface area contributed by atoms with Crippen molar-refractivity contribution in [2.24, 2.45) is 5.92 Å². The Kier molecular flexibility index (Phi) is 5.70. The maximum atomic E-state index is 13.0. The Bertz CT molecular complexity index is 1070. The van der Waals surface area contributed by atoms with Gasteiger partial charge in [0.25, 0.3) is 0 Å². The Labute approximate surface area is 170 Å². The number of phenolic OH excluding ortho intramolecular Hbond substituents is 1. The largest absolute Gasteiger partial charge is 0.507 e. The minimum atomic E-state index is -0.254. The van der Waals surface area contributed by atoms with Gasteiger partial charge in [-0.2, -0.15) is 0 Å². The van der Waals surface area contributed by atoms with Crippen LogP contribution < -0.4 is 5.63 Å². The fraction of sp³-hybridized carbons (Fsp3) is 0.400. The highest BCUT2D eigenvalue weighted by molar-refractivity contribution is 5.88. The molecule has 0 fully saturated rings. The van der Waals surface area contributed by atoms with Gasteiger partial charge in [0.15, 0.2) is 0 Å². The molecule has 1 aromatic heterocycles. The molecule has 0 spiro atoms. The van der Waals surface area contributed by atoms with E-state index < -0.39 is 0 Å². The number of hydrogen-bond acceptors (Lipinski definition) is 3.